The summed E-state index contributed by atoms with van der Waals surface area (Å²) in [7, 11) is -10.7. The maximum Gasteiger partial charge on any atom is 1.00 e. The van der Waals surface area contributed by atoms with E-state index in [0.29, 0.717) is 0 Å². The van der Waals surface area contributed by atoms with Gasteiger partial charge < -0.3 is 20.1 Å². The van der Waals surface area contributed by atoms with Gasteiger partial charge in [-0.05, 0) is 0 Å². The quantitative estimate of drug-likeness (QED) is 0.434. The molecule has 2 rings (SSSR count). The molecule has 1 aliphatic rings. The van der Waals surface area contributed by atoms with Crippen LogP contribution in [0.3, 0.4) is 0 Å². The van der Waals surface area contributed by atoms with Crippen molar-refractivity contribution in [2.75, 3.05) is 6.61 Å². The number of hydrogen-bond donors (Lipinski definition) is 4. The summed E-state index contributed by atoms with van der Waals surface area (Å²) in [4.78, 5) is 24.3. The van der Waals surface area contributed by atoms with Gasteiger partial charge in [0.25, 0.3) is 5.56 Å². The summed E-state index contributed by atoms with van der Waals surface area (Å²) in [6, 6.07) is 1.09. The monoisotopic (exact) mass is 390 g/mol. The molecule has 4 atom stereocenters. The van der Waals surface area contributed by atoms with E-state index < -0.39 is 50.2 Å². The first-order valence-electron chi connectivity index (χ1n) is 6.00. The number of nitrogens with one attached hydrogen (secondary N) is 1. The predicted octanol–water partition coefficient (Wildman–Crippen LogP) is 0.643. The maximum atomic E-state index is 11.4. The van der Waals surface area contributed by atoms with E-state index in [2.05, 4.69) is 0 Å². The van der Waals surface area contributed by atoms with Crippen LogP contribution in [0.1, 0.15) is 7.65 Å². The Hall–Kier alpha value is -1.47. The van der Waals surface area contributed by atoms with E-state index in [-0.39, 0.29) is 1.43 Å². The van der Waals surface area contributed by atoms with E-state index in [9.17, 15) is 45.0 Å². The summed E-state index contributed by atoms with van der Waals surface area (Å²) in [5.74, 6) is 0. The fourth-order valence-corrected chi connectivity index (χ4v) is 1.74. The minimum absolute atomic E-state index is 0. The molecule has 4 N–H and O–H groups in total. The van der Waals surface area contributed by atoms with Crippen LogP contribution in [0.15, 0.2) is 21.9 Å². The molecule has 1 aromatic rings. The van der Waals surface area contributed by atoms with E-state index in [1.165, 1.54) is 0 Å². The molecule has 0 aromatic carbocycles. The van der Waals surface area contributed by atoms with Crippen molar-refractivity contribution in [2.45, 2.75) is 24.5 Å². The number of halogens is 6. The number of aliphatic hydroxyl groups excluding tert-OH is 3. The second-order valence-electron chi connectivity index (χ2n) is 4.70. The van der Waals surface area contributed by atoms with Crippen molar-refractivity contribution in [1.82, 2.24) is 9.55 Å². The van der Waals surface area contributed by atoms with Gasteiger partial charge in [-0.3, -0.25) is 14.3 Å². The summed E-state index contributed by atoms with van der Waals surface area (Å²) in [5, 5.41) is 28.1. The zero-order valence-corrected chi connectivity index (χ0v) is 12.3. The summed E-state index contributed by atoms with van der Waals surface area (Å²) >= 11 is 0. The molecule has 0 amide bonds. The molecule has 0 unspecified atom stereocenters. The number of nitrogens with zero attached hydrogens (tertiary/aromatic N) is 1. The van der Waals surface area contributed by atoms with Crippen LogP contribution in [0, 0.1) is 0 Å². The topological polar surface area (TPSA) is 125 Å². The van der Waals surface area contributed by atoms with Crippen molar-refractivity contribution in [3.8, 4) is 0 Å². The number of hydrogen-bond acceptors (Lipinski definition) is 6. The van der Waals surface area contributed by atoms with Gasteiger partial charge in [0.15, 0.2) is 6.23 Å². The molecular formula is C9H13F6N2O6P. The summed E-state index contributed by atoms with van der Waals surface area (Å²) in [6.45, 7) is -0.479. The molecule has 0 radical (unpaired) electrons. The number of aromatic amines is 1. The molecule has 24 heavy (non-hydrogen) atoms. The fraction of sp³-hybridized carbons (Fsp3) is 0.556. The molecule has 0 saturated carbocycles. The third kappa shape index (κ3) is 6.97. The Labute approximate surface area is 129 Å². The van der Waals surface area contributed by atoms with Gasteiger partial charge >= 0.3 is 40.1 Å². The smallest absolute Gasteiger partial charge is 0.394 e. The largest absolute Gasteiger partial charge is 1.00 e. The molecule has 15 heteroatoms. The zero-order chi connectivity index (χ0) is 19.0. The Morgan fingerprint density at radius 3 is 2.04 bits per heavy atom. The molecule has 1 fully saturated rings. The number of aliphatic hydroxyl groups is 3. The van der Waals surface area contributed by atoms with Crippen molar-refractivity contribution in [2.24, 2.45) is 0 Å². The van der Waals surface area contributed by atoms with Crippen molar-refractivity contribution in [1.29, 1.82) is 0 Å². The minimum atomic E-state index is -10.7. The van der Waals surface area contributed by atoms with Crippen LogP contribution in [-0.4, -0.2) is 49.8 Å². The van der Waals surface area contributed by atoms with Crippen LogP contribution in [0.5, 0.6) is 0 Å². The molecule has 0 aliphatic carbocycles. The van der Waals surface area contributed by atoms with Crippen LogP contribution in [0.2, 0.25) is 0 Å². The Bertz CT molecular complexity index is 697. The van der Waals surface area contributed by atoms with Gasteiger partial charge in [-0.1, -0.05) is 0 Å². The van der Waals surface area contributed by atoms with Crippen LogP contribution in [-0.2, 0) is 4.74 Å². The van der Waals surface area contributed by atoms with E-state index in [1.54, 1.807) is 0 Å². The molecule has 1 aromatic heterocycles. The Kier molecular flexibility index (Phi) is 4.98. The van der Waals surface area contributed by atoms with Crippen molar-refractivity contribution in [3.05, 3.63) is 33.1 Å². The predicted molar refractivity (Wildman–Crippen MR) is 69.0 cm³/mol. The van der Waals surface area contributed by atoms with Gasteiger partial charge in [0.2, 0.25) is 0 Å². The number of ether oxygens (including phenoxy) is 1. The van der Waals surface area contributed by atoms with Crippen LogP contribution in [0.4, 0.5) is 25.2 Å². The SMILES string of the molecule is F[P-](F)(F)(F)(F)F.O=c1ccn([C@@H]2O[C@H](CO)[C@@H](O)[C@H]2O)c(=O)[nH]1.[H+]. The second kappa shape index (κ2) is 5.81. The number of rotatable bonds is 2. The van der Waals surface area contributed by atoms with Gasteiger partial charge in [0.05, 0.1) is 6.61 Å². The summed E-state index contributed by atoms with van der Waals surface area (Å²) < 4.78 is 65.3. The Morgan fingerprint density at radius 1 is 1.17 bits per heavy atom. The molecule has 1 saturated heterocycles. The Balaban J connectivity index is 0.000000620. The minimum Gasteiger partial charge on any atom is -0.394 e. The van der Waals surface area contributed by atoms with Gasteiger partial charge in [-0.15, -0.1) is 0 Å². The maximum absolute atomic E-state index is 11.4. The number of H-pyrrole nitrogens is 1. The molecular weight excluding hydrogens is 377 g/mol. The molecule has 0 spiro atoms. The molecule has 142 valence electrons. The fourth-order valence-electron chi connectivity index (χ4n) is 1.74. The molecule has 8 nitrogen and oxygen atoms in total. The van der Waals surface area contributed by atoms with Gasteiger partial charge in [0.1, 0.15) is 18.3 Å². The standard InChI is InChI=1S/C9H12N2O6.F6P/c12-3-4-6(14)7(15)8(17-4)11-2-1-5(13)10-9(11)16;1-7(2,3,4,5)6/h1-2,4,6-8,12,14-15H,3H2,(H,10,13,16);/q;-1/p+1/t4-,6-,7-,8-;/m1./s1. The van der Waals surface area contributed by atoms with Gasteiger partial charge in [-0.25, -0.2) is 4.79 Å². The van der Waals surface area contributed by atoms with Gasteiger partial charge in [-0.2, -0.15) is 0 Å². The van der Waals surface area contributed by atoms with Crippen molar-refractivity contribution in [3.63, 3.8) is 0 Å². The van der Waals surface area contributed by atoms with E-state index >= 15 is 0 Å². The first kappa shape index (κ1) is 20.6. The van der Waals surface area contributed by atoms with E-state index in [1.807, 2.05) is 4.98 Å². The normalized spacial score (nSPS) is 30.0. The van der Waals surface area contributed by atoms with Crippen LogP contribution in [0.25, 0.3) is 0 Å². The zero-order valence-electron chi connectivity index (χ0n) is 12.4. The molecule has 2 heterocycles. The first-order chi connectivity index (χ1) is 10.5. The first-order valence-corrected chi connectivity index (χ1v) is 8.03. The molecule has 1 aliphatic heterocycles. The average molecular weight is 390 g/mol. The Morgan fingerprint density at radius 2 is 1.67 bits per heavy atom. The number of aromatic nitrogens is 2. The van der Waals surface area contributed by atoms with E-state index in [0.717, 1.165) is 16.8 Å². The summed E-state index contributed by atoms with van der Waals surface area (Å²) in [5.41, 5.74) is -1.33. The second-order valence-corrected chi connectivity index (χ2v) is 6.62. The third-order valence-electron chi connectivity index (χ3n) is 2.64. The van der Waals surface area contributed by atoms with Crippen molar-refractivity contribution >= 4 is 7.81 Å². The van der Waals surface area contributed by atoms with Gasteiger partial charge in [0, 0.05) is 12.3 Å². The average Bonchev–Trinajstić information content (AvgIpc) is 2.63. The van der Waals surface area contributed by atoms with Crippen LogP contribution < -0.4 is 11.2 Å². The molecule has 0 bridgehead atoms. The van der Waals surface area contributed by atoms with Crippen molar-refractivity contribution < 1.29 is 46.7 Å². The van der Waals surface area contributed by atoms with E-state index in [4.69, 9.17) is 9.84 Å². The summed E-state index contributed by atoms with van der Waals surface area (Å²) in [6.07, 6.45) is -3.58. The van der Waals surface area contributed by atoms with Crippen LogP contribution >= 0.6 is 7.81 Å². The third-order valence-corrected chi connectivity index (χ3v) is 2.64.